The number of carbonyl (C=O) groups is 2. The molecule has 1 fully saturated rings. The van der Waals surface area contributed by atoms with Crippen molar-refractivity contribution in [3.63, 3.8) is 0 Å². The second-order valence-corrected chi connectivity index (χ2v) is 9.16. The third kappa shape index (κ3) is 6.05. The van der Waals surface area contributed by atoms with E-state index in [9.17, 15) is 14.7 Å². The summed E-state index contributed by atoms with van der Waals surface area (Å²) < 4.78 is 11.9. The smallest absolute Gasteiger partial charge is 0.295 e. The van der Waals surface area contributed by atoms with E-state index in [0.29, 0.717) is 48.8 Å². The van der Waals surface area contributed by atoms with Gasteiger partial charge >= 0.3 is 0 Å². The van der Waals surface area contributed by atoms with E-state index in [2.05, 4.69) is 11.9 Å². The Kier molecular flexibility index (Phi) is 9.14. The maximum atomic E-state index is 13.3. The summed E-state index contributed by atoms with van der Waals surface area (Å²) in [5.74, 6) is -0.424. The van der Waals surface area contributed by atoms with E-state index < -0.39 is 17.7 Å². The Bertz CT molecular complexity index is 1270. The predicted molar refractivity (Wildman–Crippen MR) is 146 cm³/mol. The lowest BCUT2D eigenvalue weighted by Gasteiger charge is -2.26. The summed E-state index contributed by atoms with van der Waals surface area (Å²) in [4.78, 5) is 32.2. The van der Waals surface area contributed by atoms with E-state index in [4.69, 9.17) is 9.47 Å². The standard InChI is InChI=1S/C31H34N2O5/c1-3-5-9-20-38-25-13-12-24(21-26(25)37-4-2)28-27(29(34)23-14-17-32-18-15-23)30(35)31(36)33(28)19-16-22-10-7-6-8-11-22/h6-8,10-15,17-18,21,28,34H,3-5,9,16,19-20H2,1-2H3. The van der Waals surface area contributed by atoms with Gasteiger partial charge in [-0.25, -0.2) is 0 Å². The molecular weight excluding hydrogens is 480 g/mol. The number of ether oxygens (including phenoxy) is 2. The zero-order valence-electron chi connectivity index (χ0n) is 21.9. The van der Waals surface area contributed by atoms with Crippen LogP contribution in [0.15, 0.2) is 78.6 Å². The fourth-order valence-corrected chi connectivity index (χ4v) is 4.63. The first kappa shape index (κ1) is 26.9. The van der Waals surface area contributed by atoms with Gasteiger partial charge in [-0.15, -0.1) is 0 Å². The molecule has 2 heterocycles. The van der Waals surface area contributed by atoms with Crippen LogP contribution >= 0.6 is 0 Å². The van der Waals surface area contributed by atoms with Gasteiger partial charge < -0.3 is 19.5 Å². The minimum Gasteiger partial charge on any atom is -0.507 e. The highest BCUT2D eigenvalue weighted by Gasteiger charge is 2.46. The molecule has 0 radical (unpaired) electrons. The van der Waals surface area contributed by atoms with E-state index in [0.717, 1.165) is 24.8 Å². The molecule has 0 spiro atoms. The minimum absolute atomic E-state index is 0.0494. The molecule has 1 unspecified atom stereocenters. The Morgan fingerprint density at radius 2 is 1.71 bits per heavy atom. The normalized spacial score (nSPS) is 16.6. The molecule has 1 amide bonds. The van der Waals surface area contributed by atoms with E-state index in [1.165, 1.54) is 17.3 Å². The van der Waals surface area contributed by atoms with Crippen LogP contribution in [0.2, 0.25) is 0 Å². The first-order valence-corrected chi connectivity index (χ1v) is 13.2. The minimum atomic E-state index is -0.778. The lowest BCUT2D eigenvalue weighted by Crippen LogP contribution is -2.31. The Balaban J connectivity index is 1.75. The van der Waals surface area contributed by atoms with Gasteiger partial charge in [0, 0.05) is 24.5 Å². The summed E-state index contributed by atoms with van der Waals surface area (Å²) in [5.41, 5.74) is 2.19. The number of likely N-dealkylation sites (tertiary alicyclic amines) is 1. The third-order valence-corrected chi connectivity index (χ3v) is 6.57. The van der Waals surface area contributed by atoms with Gasteiger partial charge in [0.15, 0.2) is 11.5 Å². The topological polar surface area (TPSA) is 89.0 Å². The molecule has 1 aliphatic heterocycles. The number of aliphatic hydroxyl groups is 1. The van der Waals surface area contributed by atoms with Gasteiger partial charge in [0.05, 0.1) is 24.8 Å². The van der Waals surface area contributed by atoms with Crippen LogP contribution in [-0.4, -0.2) is 46.4 Å². The number of ketones is 1. The summed E-state index contributed by atoms with van der Waals surface area (Å²) in [5, 5.41) is 11.2. The summed E-state index contributed by atoms with van der Waals surface area (Å²) in [6, 6.07) is 17.7. The highest BCUT2D eigenvalue weighted by atomic mass is 16.5. The van der Waals surface area contributed by atoms with Crippen LogP contribution in [0.5, 0.6) is 11.5 Å². The maximum absolute atomic E-state index is 13.3. The van der Waals surface area contributed by atoms with Crippen molar-refractivity contribution in [1.82, 2.24) is 9.88 Å². The lowest BCUT2D eigenvalue weighted by molar-refractivity contribution is -0.139. The van der Waals surface area contributed by atoms with Crippen molar-refractivity contribution in [3.8, 4) is 11.5 Å². The molecule has 3 aromatic rings. The first-order chi connectivity index (χ1) is 18.5. The average molecular weight is 515 g/mol. The average Bonchev–Trinajstić information content (AvgIpc) is 3.20. The van der Waals surface area contributed by atoms with Gasteiger partial charge in [-0.1, -0.05) is 56.2 Å². The summed E-state index contributed by atoms with van der Waals surface area (Å²) in [6.07, 6.45) is 6.75. The van der Waals surface area contributed by atoms with Crippen molar-refractivity contribution >= 4 is 17.4 Å². The molecule has 0 aliphatic carbocycles. The van der Waals surface area contributed by atoms with Crippen molar-refractivity contribution < 1.29 is 24.2 Å². The molecule has 198 valence electrons. The number of aliphatic hydroxyl groups excluding tert-OH is 1. The molecule has 7 nitrogen and oxygen atoms in total. The largest absolute Gasteiger partial charge is 0.507 e. The molecule has 1 aliphatic rings. The van der Waals surface area contributed by atoms with E-state index in [-0.39, 0.29) is 11.3 Å². The molecule has 0 saturated carbocycles. The zero-order valence-corrected chi connectivity index (χ0v) is 21.9. The van der Waals surface area contributed by atoms with Gasteiger partial charge in [0.25, 0.3) is 11.7 Å². The van der Waals surface area contributed by atoms with E-state index in [1.807, 2.05) is 55.5 Å². The summed E-state index contributed by atoms with van der Waals surface area (Å²) in [7, 11) is 0. The van der Waals surface area contributed by atoms with Gasteiger partial charge in [-0.05, 0) is 55.2 Å². The number of benzene rings is 2. The van der Waals surface area contributed by atoms with Crippen LogP contribution in [0.25, 0.3) is 5.76 Å². The van der Waals surface area contributed by atoms with Crippen LogP contribution in [-0.2, 0) is 16.0 Å². The Morgan fingerprint density at radius 1 is 0.947 bits per heavy atom. The zero-order chi connectivity index (χ0) is 26.9. The molecule has 1 N–H and O–H groups in total. The van der Waals surface area contributed by atoms with Gasteiger partial charge in [0.1, 0.15) is 5.76 Å². The van der Waals surface area contributed by atoms with Crippen LogP contribution in [0.4, 0.5) is 0 Å². The van der Waals surface area contributed by atoms with Gasteiger partial charge in [-0.3, -0.25) is 14.6 Å². The van der Waals surface area contributed by atoms with Crippen LogP contribution < -0.4 is 9.47 Å². The van der Waals surface area contributed by atoms with Crippen molar-refractivity contribution in [1.29, 1.82) is 0 Å². The number of hydrogen-bond donors (Lipinski definition) is 1. The van der Waals surface area contributed by atoms with E-state index >= 15 is 0 Å². The van der Waals surface area contributed by atoms with Crippen LogP contribution in [0, 0.1) is 0 Å². The number of nitrogens with zero attached hydrogens (tertiary/aromatic N) is 2. The third-order valence-electron chi connectivity index (χ3n) is 6.57. The lowest BCUT2D eigenvalue weighted by atomic mass is 9.95. The molecule has 4 rings (SSSR count). The number of hydrogen-bond acceptors (Lipinski definition) is 6. The van der Waals surface area contributed by atoms with Crippen molar-refractivity contribution in [2.24, 2.45) is 0 Å². The number of unbranched alkanes of at least 4 members (excludes halogenated alkanes) is 2. The monoisotopic (exact) mass is 514 g/mol. The van der Waals surface area contributed by atoms with Crippen molar-refractivity contribution in [2.75, 3.05) is 19.8 Å². The second-order valence-electron chi connectivity index (χ2n) is 9.16. The van der Waals surface area contributed by atoms with Gasteiger partial charge in [0.2, 0.25) is 0 Å². The quantitative estimate of drug-likeness (QED) is 0.144. The molecule has 2 aromatic carbocycles. The second kappa shape index (κ2) is 12.9. The number of Topliss-reactive ketones (excluding diaryl/α,β-unsaturated/α-hetero) is 1. The van der Waals surface area contributed by atoms with Crippen LogP contribution in [0.1, 0.15) is 55.8 Å². The van der Waals surface area contributed by atoms with Gasteiger partial charge in [-0.2, -0.15) is 0 Å². The fraction of sp³-hybridized carbons (Fsp3) is 0.323. The van der Waals surface area contributed by atoms with Crippen LogP contribution in [0.3, 0.4) is 0 Å². The Labute approximate surface area is 223 Å². The molecule has 7 heteroatoms. The summed E-state index contributed by atoms with van der Waals surface area (Å²) >= 11 is 0. The highest BCUT2D eigenvalue weighted by molar-refractivity contribution is 6.46. The Hall–Kier alpha value is -4.13. The SMILES string of the molecule is CCCCCOc1ccc(C2C(=C(O)c3ccncc3)C(=O)C(=O)N2CCc2ccccc2)cc1OCC. The summed E-state index contributed by atoms with van der Waals surface area (Å²) in [6.45, 7) is 5.35. The first-order valence-electron chi connectivity index (χ1n) is 13.2. The molecular formula is C31H34N2O5. The number of aromatic nitrogens is 1. The van der Waals surface area contributed by atoms with Crippen molar-refractivity contribution in [3.05, 3.63) is 95.3 Å². The van der Waals surface area contributed by atoms with Crippen molar-refractivity contribution in [2.45, 2.75) is 45.6 Å². The molecule has 1 aromatic heterocycles. The van der Waals surface area contributed by atoms with E-state index in [1.54, 1.807) is 12.1 Å². The molecule has 0 bridgehead atoms. The fourth-order valence-electron chi connectivity index (χ4n) is 4.63. The number of amides is 1. The molecule has 38 heavy (non-hydrogen) atoms. The predicted octanol–water partition coefficient (Wildman–Crippen LogP) is 5.71. The molecule has 1 saturated heterocycles. The molecule has 1 atom stereocenters. The highest BCUT2D eigenvalue weighted by Crippen LogP contribution is 2.42. The maximum Gasteiger partial charge on any atom is 0.295 e. The Morgan fingerprint density at radius 3 is 2.42 bits per heavy atom. The number of rotatable bonds is 12. The number of pyridine rings is 1. The number of carbonyl (C=O) groups excluding carboxylic acids is 2.